The highest BCUT2D eigenvalue weighted by atomic mass is 15.1. The lowest BCUT2D eigenvalue weighted by Gasteiger charge is -2.27. The minimum Gasteiger partial charge on any atom is -0.370 e. The molecule has 4 rings (SSSR count). The van der Waals surface area contributed by atoms with Gasteiger partial charge in [-0.15, -0.1) is 0 Å². The third-order valence-electron chi connectivity index (χ3n) is 5.19. The number of nitrogens with one attached hydrogen (secondary N) is 1. The second kappa shape index (κ2) is 7.43. The average molecular weight is 358 g/mol. The van der Waals surface area contributed by atoms with Gasteiger partial charge in [0.15, 0.2) is 0 Å². The van der Waals surface area contributed by atoms with Crippen LogP contribution < -0.4 is 4.90 Å². The maximum atomic E-state index is 5.10. The van der Waals surface area contributed by atoms with Gasteiger partial charge in [0, 0.05) is 46.5 Å². The second-order valence-electron chi connectivity index (χ2n) is 7.21. The van der Waals surface area contributed by atoms with Gasteiger partial charge in [-0.05, 0) is 38.0 Å². The number of aryl methyl sites for hydroxylation is 1. The Kier molecular flexibility index (Phi) is 4.85. The monoisotopic (exact) mass is 357 g/mol. The second-order valence-corrected chi connectivity index (χ2v) is 7.21. The van der Waals surface area contributed by atoms with Crippen LogP contribution in [-0.2, 0) is 0 Å². The van der Waals surface area contributed by atoms with Crippen LogP contribution >= 0.6 is 0 Å². The molecule has 0 saturated heterocycles. The molecule has 3 nitrogen and oxygen atoms in total. The molecule has 0 spiro atoms. The van der Waals surface area contributed by atoms with Crippen LogP contribution in [-0.4, -0.2) is 23.1 Å². The van der Waals surface area contributed by atoms with Crippen LogP contribution in [0.25, 0.3) is 32.9 Å². The molecule has 0 unspecified atom stereocenters. The molecule has 2 aromatic carbocycles. The molecular formula is C24H27N3. The summed E-state index contributed by atoms with van der Waals surface area (Å²) < 4.78 is 0. The number of anilines is 1. The highest BCUT2D eigenvalue weighted by Crippen LogP contribution is 2.36. The minimum absolute atomic E-state index is 1.06. The Bertz CT molecular complexity index is 1070. The first-order chi connectivity index (χ1) is 13.2. The van der Waals surface area contributed by atoms with Crippen LogP contribution in [0.5, 0.6) is 0 Å². The Morgan fingerprint density at radius 2 is 1.67 bits per heavy atom. The van der Waals surface area contributed by atoms with Crippen molar-refractivity contribution < 1.29 is 0 Å². The molecule has 27 heavy (non-hydrogen) atoms. The van der Waals surface area contributed by atoms with E-state index < -0.39 is 0 Å². The number of H-pyrrole nitrogens is 1. The molecule has 0 saturated carbocycles. The van der Waals surface area contributed by atoms with Crippen molar-refractivity contribution in [1.29, 1.82) is 0 Å². The van der Waals surface area contributed by atoms with Gasteiger partial charge in [0.25, 0.3) is 0 Å². The van der Waals surface area contributed by atoms with Gasteiger partial charge in [-0.25, -0.2) is 0 Å². The third-order valence-corrected chi connectivity index (χ3v) is 5.19. The van der Waals surface area contributed by atoms with Crippen LogP contribution in [0.2, 0.25) is 0 Å². The number of hydrogen-bond donors (Lipinski definition) is 1. The van der Waals surface area contributed by atoms with Crippen LogP contribution in [0.3, 0.4) is 0 Å². The fraction of sp³-hybridized carbons (Fsp3) is 0.292. The van der Waals surface area contributed by atoms with E-state index in [9.17, 15) is 0 Å². The van der Waals surface area contributed by atoms with E-state index in [2.05, 4.69) is 79.2 Å². The van der Waals surface area contributed by atoms with Crippen molar-refractivity contribution in [2.24, 2.45) is 0 Å². The fourth-order valence-electron chi connectivity index (χ4n) is 4.07. The highest BCUT2D eigenvalue weighted by Gasteiger charge is 2.17. The van der Waals surface area contributed by atoms with Gasteiger partial charge < -0.3 is 9.88 Å². The van der Waals surface area contributed by atoms with Crippen molar-refractivity contribution in [3.63, 3.8) is 0 Å². The number of hydrogen-bond acceptors (Lipinski definition) is 2. The number of fused-ring (bicyclic) bond motifs is 2. The predicted molar refractivity (Wildman–Crippen MR) is 117 cm³/mol. The van der Waals surface area contributed by atoms with Gasteiger partial charge in [0.05, 0.1) is 17.1 Å². The first-order valence-corrected chi connectivity index (χ1v) is 9.94. The van der Waals surface area contributed by atoms with E-state index in [1.165, 1.54) is 27.4 Å². The number of rotatable bonds is 6. The highest BCUT2D eigenvalue weighted by molar-refractivity contribution is 6.03. The lowest BCUT2D eigenvalue weighted by molar-refractivity contribution is 0.743. The van der Waals surface area contributed by atoms with Crippen LogP contribution in [0.4, 0.5) is 5.69 Å². The molecule has 0 aliphatic rings. The molecule has 2 heterocycles. The zero-order chi connectivity index (χ0) is 18.8. The molecule has 138 valence electrons. The van der Waals surface area contributed by atoms with E-state index in [0.717, 1.165) is 42.8 Å². The zero-order valence-electron chi connectivity index (χ0n) is 16.4. The summed E-state index contributed by atoms with van der Waals surface area (Å²) in [7, 11) is 0. The first-order valence-electron chi connectivity index (χ1n) is 9.94. The molecule has 1 N–H and O–H groups in total. The summed E-state index contributed by atoms with van der Waals surface area (Å²) in [6.45, 7) is 8.77. The van der Waals surface area contributed by atoms with Gasteiger partial charge in [-0.1, -0.05) is 44.2 Å². The maximum Gasteiger partial charge on any atom is 0.0785 e. The van der Waals surface area contributed by atoms with Crippen LogP contribution in [0.1, 0.15) is 32.4 Å². The van der Waals surface area contributed by atoms with E-state index in [0.29, 0.717) is 0 Å². The molecule has 2 aromatic heterocycles. The Labute approximate surface area is 161 Å². The molecule has 4 aromatic rings. The largest absolute Gasteiger partial charge is 0.370 e. The van der Waals surface area contributed by atoms with E-state index in [1.807, 2.05) is 6.20 Å². The van der Waals surface area contributed by atoms with Gasteiger partial charge in [-0.3, -0.25) is 4.98 Å². The van der Waals surface area contributed by atoms with E-state index >= 15 is 0 Å². The lowest BCUT2D eigenvalue weighted by atomic mass is 10.00. The molecule has 0 bridgehead atoms. The predicted octanol–water partition coefficient (Wildman–Crippen LogP) is 6.32. The summed E-state index contributed by atoms with van der Waals surface area (Å²) in [6, 6.07) is 17.4. The molecule has 0 aliphatic heterocycles. The van der Waals surface area contributed by atoms with Crippen LogP contribution in [0, 0.1) is 6.92 Å². The first kappa shape index (κ1) is 17.6. The molecule has 0 fully saturated rings. The smallest absolute Gasteiger partial charge is 0.0785 e. The molecule has 0 atom stereocenters. The number of aromatic nitrogens is 2. The van der Waals surface area contributed by atoms with Crippen molar-refractivity contribution in [2.75, 3.05) is 18.0 Å². The molecule has 0 radical (unpaired) electrons. The van der Waals surface area contributed by atoms with E-state index in [1.54, 1.807) is 0 Å². The van der Waals surface area contributed by atoms with E-state index in [4.69, 9.17) is 4.98 Å². The van der Waals surface area contributed by atoms with Crippen molar-refractivity contribution in [1.82, 2.24) is 9.97 Å². The topological polar surface area (TPSA) is 31.9 Å². The summed E-state index contributed by atoms with van der Waals surface area (Å²) in [5.41, 5.74) is 5.81. The molecular weight excluding hydrogens is 330 g/mol. The van der Waals surface area contributed by atoms with Gasteiger partial charge >= 0.3 is 0 Å². The number of aromatic amines is 1. The van der Waals surface area contributed by atoms with Crippen LogP contribution in [0.15, 0.2) is 54.7 Å². The number of nitrogens with zero attached hydrogens (tertiary/aromatic N) is 2. The molecule has 3 heteroatoms. The quantitative estimate of drug-likeness (QED) is 0.438. The van der Waals surface area contributed by atoms with Gasteiger partial charge in [0.1, 0.15) is 0 Å². The van der Waals surface area contributed by atoms with Crippen molar-refractivity contribution in [3.8, 4) is 11.3 Å². The lowest BCUT2D eigenvalue weighted by Crippen LogP contribution is -2.26. The van der Waals surface area contributed by atoms with Gasteiger partial charge in [-0.2, -0.15) is 0 Å². The molecule has 0 amide bonds. The fourth-order valence-corrected chi connectivity index (χ4v) is 4.07. The Morgan fingerprint density at radius 3 is 2.41 bits per heavy atom. The van der Waals surface area contributed by atoms with Gasteiger partial charge in [0.2, 0.25) is 0 Å². The Morgan fingerprint density at radius 1 is 0.926 bits per heavy atom. The minimum atomic E-state index is 1.06. The summed E-state index contributed by atoms with van der Waals surface area (Å²) in [6.07, 6.45) is 4.26. The third kappa shape index (κ3) is 3.18. The normalized spacial score (nSPS) is 11.4. The molecule has 0 aliphatic carbocycles. The SMILES string of the molecule is CCCN(CCC)c1c(C)nc(-c2ccc3[nH]ccc3c2)c2ccccc12. The average Bonchev–Trinajstić information content (AvgIpc) is 3.15. The number of benzene rings is 2. The zero-order valence-corrected chi connectivity index (χ0v) is 16.4. The Balaban J connectivity index is 1.94. The van der Waals surface area contributed by atoms with Crippen molar-refractivity contribution >= 4 is 27.4 Å². The summed E-state index contributed by atoms with van der Waals surface area (Å²) >= 11 is 0. The van der Waals surface area contributed by atoms with E-state index in [-0.39, 0.29) is 0 Å². The summed E-state index contributed by atoms with van der Waals surface area (Å²) in [5, 5.41) is 3.75. The number of pyridine rings is 1. The summed E-state index contributed by atoms with van der Waals surface area (Å²) in [4.78, 5) is 10.9. The Hall–Kier alpha value is -2.81. The van der Waals surface area contributed by atoms with Crippen molar-refractivity contribution in [3.05, 3.63) is 60.4 Å². The van der Waals surface area contributed by atoms with Crippen molar-refractivity contribution in [2.45, 2.75) is 33.6 Å². The maximum absolute atomic E-state index is 5.10. The standard InChI is InChI=1S/C24H27N3/c1-4-14-27(15-5-2)24-17(3)26-23(20-8-6-7-9-21(20)24)19-10-11-22-18(16-19)12-13-25-22/h6-13,16,25H,4-5,14-15H2,1-3H3. The summed E-state index contributed by atoms with van der Waals surface area (Å²) in [5.74, 6) is 0.